The molecule has 3 heterocycles. The molecule has 0 bridgehead atoms. The van der Waals surface area contributed by atoms with Crippen molar-refractivity contribution in [2.45, 2.75) is 6.54 Å². The first kappa shape index (κ1) is 16.6. The third kappa shape index (κ3) is 3.32. The zero-order chi connectivity index (χ0) is 18.8. The highest BCUT2D eigenvalue weighted by Crippen LogP contribution is 2.23. The van der Waals surface area contributed by atoms with Gasteiger partial charge in [-0.1, -0.05) is 23.9 Å². The molecule has 0 saturated heterocycles. The van der Waals surface area contributed by atoms with Gasteiger partial charge in [-0.25, -0.2) is 10.0 Å². The van der Waals surface area contributed by atoms with Crippen LogP contribution in [-0.4, -0.2) is 25.6 Å². The molecule has 1 aliphatic heterocycles. The van der Waals surface area contributed by atoms with Crippen LogP contribution in [0.4, 0.5) is 0 Å². The van der Waals surface area contributed by atoms with Gasteiger partial charge in [0.1, 0.15) is 5.70 Å². The summed E-state index contributed by atoms with van der Waals surface area (Å²) in [5.41, 5.74) is 9.60. The summed E-state index contributed by atoms with van der Waals surface area (Å²) in [5.74, 6) is 0.553. The number of nitrogens with two attached hydrogens (primary N) is 1. The quantitative estimate of drug-likeness (QED) is 0.775. The van der Waals surface area contributed by atoms with Gasteiger partial charge in [0, 0.05) is 36.6 Å². The Hall–Kier alpha value is -3.81. The second kappa shape index (κ2) is 6.83. The molecule has 134 valence electrons. The van der Waals surface area contributed by atoms with E-state index in [-0.39, 0.29) is 0 Å². The predicted molar refractivity (Wildman–Crippen MR) is 104 cm³/mol. The number of benzene rings is 1. The summed E-state index contributed by atoms with van der Waals surface area (Å²) in [4.78, 5) is 8.94. The smallest absolute Gasteiger partial charge is 0.180 e. The van der Waals surface area contributed by atoms with Crippen molar-refractivity contribution in [3.8, 4) is 0 Å². The predicted octanol–water partition coefficient (Wildman–Crippen LogP) is 3.02. The standard InChI is InChI=1S/C19H18N8/c1-13(16-10-22-26(2)12-16)23-19-18(9-20)24-25-27(19)11-14-5-6-17-15(8-14)4-3-7-21-17/h3-10,12H,1,11,20H2,2H3/b18-9+,23-19+. The van der Waals surface area contributed by atoms with Crippen LogP contribution < -0.4 is 5.73 Å². The number of hydrogen-bond donors (Lipinski definition) is 1. The normalized spacial score (nSPS) is 16.7. The lowest BCUT2D eigenvalue weighted by Crippen LogP contribution is -2.22. The molecule has 3 aromatic rings. The summed E-state index contributed by atoms with van der Waals surface area (Å²) in [6.07, 6.45) is 6.73. The molecule has 0 fully saturated rings. The first-order valence-corrected chi connectivity index (χ1v) is 8.36. The number of aryl methyl sites for hydroxylation is 1. The molecule has 2 N–H and O–H groups in total. The molecule has 0 saturated carbocycles. The van der Waals surface area contributed by atoms with Crippen LogP contribution in [0.2, 0.25) is 0 Å². The van der Waals surface area contributed by atoms with E-state index in [1.165, 1.54) is 6.20 Å². The lowest BCUT2D eigenvalue weighted by Gasteiger charge is -2.14. The number of amidine groups is 1. The number of aliphatic imine (C=N–C) groups is 1. The number of fused-ring (bicyclic) bond motifs is 1. The van der Waals surface area contributed by atoms with Gasteiger partial charge in [-0.05, 0) is 23.8 Å². The first-order valence-electron chi connectivity index (χ1n) is 8.36. The number of rotatable bonds is 4. The van der Waals surface area contributed by atoms with Crippen molar-refractivity contribution in [3.05, 3.63) is 78.5 Å². The van der Waals surface area contributed by atoms with E-state index in [4.69, 9.17) is 5.73 Å². The molecule has 0 spiro atoms. The molecular weight excluding hydrogens is 340 g/mol. The molecule has 8 nitrogen and oxygen atoms in total. The van der Waals surface area contributed by atoms with Crippen molar-refractivity contribution in [3.63, 3.8) is 0 Å². The van der Waals surface area contributed by atoms with E-state index >= 15 is 0 Å². The summed E-state index contributed by atoms with van der Waals surface area (Å²) in [6, 6.07) is 10.0. The molecule has 0 unspecified atom stereocenters. The van der Waals surface area contributed by atoms with Crippen LogP contribution in [0.1, 0.15) is 11.1 Å². The Bertz CT molecular complexity index is 1110. The maximum atomic E-state index is 5.70. The Kier molecular flexibility index (Phi) is 4.21. The van der Waals surface area contributed by atoms with Crippen molar-refractivity contribution in [1.82, 2.24) is 19.8 Å². The summed E-state index contributed by atoms with van der Waals surface area (Å²) in [5, 5.41) is 15.2. The summed E-state index contributed by atoms with van der Waals surface area (Å²) in [6.45, 7) is 4.53. The lowest BCUT2D eigenvalue weighted by molar-refractivity contribution is 0.433. The van der Waals surface area contributed by atoms with Crippen LogP contribution >= 0.6 is 0 Å². The number of pyridine rings is 1. The molecule has 27 heavy (non-hydrogen) atoms. The highest BCUT2D eigenvalue weighted by Gasteiger charge is 2.23. The van der Waals surface area contributed by atoms with Crippen LogP contribution in [0.3, 0.4) is 0 Å². The van der Waals surface area contributed by atoms with Gasteiger partial charge in [0.25, 0.3) is 0 Å². The van der Waals surface area contributed by atoms with E-state index in [1.54, 1.807) is 22.1 Å². The summed E-state index contributed by atoms with van der Waals surface area (Å²) < 4.78 is 1.70. The molecular formula is C19H18N8. The minimum atomic E-state index is 0.502. The van der Waals surface area contributed by atoms with Crippen molar-refractivity contribution in [2.75, 3.05) is 0 Å². The average molecular weight is 358 g/mol. The Morgan fingerprint density at radius 2 is 2.22 bits per heavy atom. The fraction of sp³-hybridized carbons (Fsp3) is 0.105. The highest BCUT2D eigenvalue weighted by atomic mass is 15.6. The van der Waals surface area contributed by atoms with E-state index in [0.29, 0.717) is 23.8 Å². The van der Waals surface area contributed by atoms with Crippen molar-refractivity contribution >= 4 is 22.4 Å². The Balaban J connectivity index is 1.63. The fourth-order valence-electron chi connectivity index (χ4n) is 2.81. The van der Waals surface area contributed by atoms with Gasteiger partial charge in [0.05, 0.1) is 24.0 Å². The molecule has 0 radical (unpaired) electrons. The molecule has 2 aromatic heterocycles. The van der Waals surface area contributed by atoms with Gasteiger partial charge in [-0.3, -0.25) is 9.67 Å². The second-order valence-electron chi connectivity index (χ2n) is 6.11. The average Bonchev–Trinajstić information content (AvgIpc) is 3.28. The molecule has 0 atom stereocenters. The SMILES string of the molecule is C=C(/N=C1\C(=C/N)N=NN1Cc1ccc2ncccc2c1)c1cnn(C)c1. The number of hydrogen-bond acceptors (Lipinski definition) is 6. The zero-order valence-electron chi connectivity index (χ0n) is 14.8. The molecule has 1 aliphatic rings. The third-order valence-electron chi connectivity index (χ3n) is 4.17. The van der Waals surface area contributed by atoms with E-state index in [2.05, 4.69) is 38.1 Å². The molecule has 0 amide bonds. The molecule has 1 aromatic carbocycles. The molecule has 4 rings (SSSR count). The van der Waals surface area contributed by atoms with Gasteiger partial charge in [-0.15, -0.1) is 5.11 Å². The van der Waals surface area contributed by atoms with Gasteiger partial charge in [0.2, 0.25) is 0 Å². The minimum Gasteiger partial charge on any atom is -0.403 e. The van der Waals surface area contributed by atoms with Crippen molar-refractivity contribution in [2.24, 2.45) is 28.1 Å². The fourth-order valence-corrected chi connectivity index (χ4v) is 2.81. The Morgan fingerprint density at radius 3 is 3.00 bits per heavy atom. The van der Waals surface area contributed by atoms with E-state index < -0.39 is 0 Å². The lowest BCUT2D eigenvalue weighted by atomic mass is 10.1. The number of aromatic nitrogens is 3. The van der Waals surface area contributed by atoms with E-state index in [9.17, 15) is 0 Å². The van der Waals surface area contributed by atoms with Crippen molar-refractivity contribution in [1.29, 1.82) is 0 Å². The van der Waals surface area contributed by atoms with Crippen LogP contribution in [0, 0.1) is 0 Å². The molecule has 0 aliphatic carbocycles. The van der Waals surface area contributed by atoms with Gasteiger partial charge < -0.3 is 5.73 Å². The highest BCUT2D eigenvalue weighted by molar-refractivity contribution is 6.01. The minimum absolute atomic E-state index is 0.502. The third-order valence-corrected chi connectivity index (χ3v) is 4.17. The topological polar surface area (TPSA) is 97.0 Å². The van der Waals surface area contributed by atoms with Crippen LogP contribution in [0.25, 0.3) is 16.6 Å². The van der Waals surface area contributed by atoms with Crippen LogP contribution in [-0.2, 0) is 13.6 Å². The van der Waals surface area contributed by atoms with Gasteiger partial charge in [-0.2, -0.15) is 5.10 Å². The molecule has 8 heteroatoms. The Morgan fingerprint density at radius 1 is 1.33 bits per heavy atom. The maximum Gasteiger partial charge on any atom is 0.180 e. The summed E-state index contributed by atoms with van der Waals surface area (Å²) in [7, 11) is 1.84. The van der Waals surface area contributed by atoms with Gasteiger partial charge >= 0.3 is 0 Å². The first-order chi connectivity index (χ1) is 13.1. The van der Waals surface area contributed by atoms with E-state index in [0.717, 1.165) is 22.0 Å². The Labute approximate surface area is 156 Å². The van der Waals surface area contributed by atoms with Crippen LogP contribution in [0.15, 0.2) is 82.7 Å². The monoisotopic (exact) mass is 358 g/mol. The largest absolute Gasteiger partial charge is 0.403 e. The van der Waals surface area contributed by atoms with Crippen molar-refractivity contribution < 1.29 is 0 Å². The second-order valence-corrected chi connectivity index (χ2v) is 6.11. The zero-order valence-corrected chi connectivity index (χ0v) is 14.8. The summed E-state index contributed by atoms with van der Waals surface area (Å²) >= 11 is 0. The number of nitrogens with zero attached hydrogens (tertiary/aromatic N) is 7. The van der Waals surface area contributed by atoms with Crippen LogP contribution in [0.5, 0.6) is 0 Å². The van der Waals surface area contributed by atoms with E-state index in [1.807, 2.05) is 37.5 Å². The maximum absolute atomic E-state index is 5.70. The van der Waals surface area contributed by atoms with Gasteiger partial charge in [0.15, 0.2) is 5.84 Å².